The SMILES string of the molecule is Cc1cccc(C(=O)N2CCSC23CCN(C(=O)Cc2cccs2)CC3)c1. The highest BCUT2D eigenvalue weighted by Gasteiger charge is 2.47. The van der Waals surface area contributed by atoms with Gasteiger partial charge in [-0.1, -0.05) is 23.8 Å². The summed E-state index contributed by atoms with van der Waals surface area (Å²) < 4.78 is 0. The Balaban J connectivity index is 1.43. The Morgan fingerprint density at radius 1 is 1.11 bits per heavy atom. The molecule has 6 heteroatoms. The lowest BCUT2D eigenvalue weighted by molar-refractivity contribution is -0.132. The van der Waals surface area contributed by atoms with Crippen LogP contribution in [0.5, 0.6) is 0 Å². The maximum absolute atomic E-state index is 13.1. The number of thioether (sulfide) groups is 1. The molecule has 2 aliphatic heterocycles. The van der Waals surface area contributed by atoms with Crippen LogP contribution in [0.25, 0.3) is 0 Å². The number of rotatable bonds is 3. The van der Waals surface area contributed by atoms with Crippen molar-refractivity contribution in [1.82, 2.24) is 9.80 Å². The van der Waals surface area contributed by atoms with E-state index in [4.69, 9.17) is 0 Å². The summed E-state index contributed by atoms with van der Waals surface area (Å²) in [6, 6.07) is 11.9. The first kappa shape index (κ1) is 18.6. The quantitative estimate of drug-likeness (QED) is 0.787. The number of piperidine rings is 1. The molecule has 2 amide bonds. The highest BCUT2D eigenvalue weighted by molar-refractivity contribution is 8.00. The van der Waals surface area contributed by atoms with E-state index in [1.165, 1.54) is 0 Å². The molecule has 0 radical (unpaired) electrons. The van der Waals surface area contributed by atoms with E-state index in [1.807, 2.05) is 65.4 Å². The first-order valence-electron chi connectivity index (χ1n) is 9.40. The molecule has 0 unspecified atom stereocenters. The van der Waals surface area contributed by atoms with Crippen molar-refractivity contribution in [2.45, 2.75) is 31.1 Å². The largest absolute Gasteiger partial charge is 0.342 e. The number of amides is 2. The van der Waals surface area contributed by atoms with E-state index in [2.05, 4.69) is 4.90 Å². The molecule has 0 aliphatic carbocycles. The summed E-state index contributed by atoms with van der Waals surface area (Å²) in [6.07, 6.45) is 2.19. The van der Waals surface area contributed by atoms with E-state index < -0.39 is 0 Å². The molecule has 27 heavy (non-hydrogen) atoms. The fraction of sp³-hybridized carbons (Fsp3) is 0.429. The van der Waals surface area contributed by atoms with Crippen molar-refractivity contribution in [3.8, 4) is 0 Å². The highest BCUT2D eigenvalue weighted by atomic mass is 32.2. The molecule has 0 bridgehead atoms. The number of hydrogen-bond acceptors (Lipinski definition) is 4. The van der Waals surface area contributed by atoms with Crippen LogP contribution in [0.2, 0.25) is 0 Å². The second kappa shape index (κ2) is 7.68. The van der Waals surface area contributed by atoms with E-state index in [0.717, 1.165) is 54.2 Å². The van der Waals surface area contributed by atoms with E-state index in [-0.39, 0.29) is 16.7 Å². The smallest absolute Gasteiger partial charge is 0.255 e. The lowest BCUT2D eigenvalue weighted by Gasteiger charge is -2.44. The van der Waals surface area contributed by atoms with Crippen LogP contribution in [0.15, 0.2) is 41.8 Å². The molecule has 1 aromatic carbocycles. The second-order valence-corrected chi connectivity index (χ2v) is 9.75. The maximum atomic E-state index is 13.1. The van der Waals surface area contributed by atoms with Gasteiger partial charge in [-0.15, -0.1) is 23.1 Å². The Morgan fingerprint density at radius 2 is 1.93 bits per heavy atom. The number of aryl methyl sites for hydroxylation is 1. The molecule has 142 valence electrons. The van der Waals surface area contributed by atoms with Crippen LogP contribution in [-0.2, 0) is 11.2 Å². The third kappa shape index (κ3) is 3.78. The van der Waals surface area contributed by atoms with Gasteiger partial charge in [0, 0.05) is 35.8 Å². The molecule has 2 aliphatic rings. The summed E-state index contributed by atoms with van der Waals surface area (Å²) in [6.45, 7) is 4.27. The molecule has 0 N–H and O–H groups in total. The summed E-state index contributed by atoms with van der Waals surface area (Å²) in [5, 5.41) is 2.01. The van der Waals surface area contributed by atoms with Crippen molar-refractivity contribution in [3.05, 3.63) is 57.8 Å². The molecule has 2 saturated heterocycles. The van der Waals surface area contributed by atoms with Crippen LogP contribution < -0.4 is 0 Å². The number of likely N-dealkylation sites (tertiary alicyclic amines) is 1. The molecule has 3 heterocycles. The van der Waals surface area contributed by atoms with E-state index >= 15 is 0 Å². The third-order valence-electron chi connectivity index (χ3n) is 5.49. The summed E-state index contributed by atoms with van der Waals surface area (Å²) in [7, 11) is 0. The average Bonchev–Trinajstić information content (AvgIpc) is 3.32. The molecular weight excluding hydrogens is 376 g/mol. The first-order chi connectivity index (χ1) is 13.1. The lowest BCUT2D eigenvalue weighted by Crippen LogP contribution is -2.53. The molecule has 0 saturated carbocycles. The number of thiophene rings is 1. The van der Waals surface area contributed by atoms with Crippen molar-refractivity contribution < 1.29 is 9.59 Å². The van der Waals surface area contributed by atoms with Crippen molar-refractivity contribution in [3.63, 3.8) is 0 Å². The van der Waals surface area contributed by atoms with Gasteiger partial charge in [-0.3, -0.25) is 9.59 Å². The summed E-state index contributed by atoms with van der Waals surface area (Å²) in [5.74, 6) is 1.30. The first-order valence-corrected chi connectivity index (χ1v) is 11.3. The summed E-state index contributed by atoms with van der Waals surface area (Å²) in [4.78, 5) is 30.7. The van der Waals surface area contributed by atoms with E-state index in [9.17, 15) is 9.59 Å². The fourth-order valence-electron chi connectivity index (χ4n) is 4.02. The number of carbonyl (C=O) groups is 2. The topological polar surface area (TPSA) is 40.6 Å². The maximum Gasteiger partial charge on any atom is 0.255 e. The number of benzene rings is 1. The molecule has 2 fully saturated rings. The Kier molecular flexibility index (Phi) is 5.28. The van der Waals surface area contributed by atoms with Crippen molar-refractivity contribution in [2.75, 3.05) is 25.4 Å². The minimum atomic E-state index is -0.152. The monoisotopic (exact) mass is 400 g/mol. The Hall–Kier alpha value is -1.79. The third-order valence-corrected chi connectivity index (χ3v) is 7.92. The van der Waals surface area contributed by atoms with E-state index in [1.54, 1.807) is 11.3 Å². The van der Waals surface area contributed by atoms with Gasteiger partial charge < -0.3 is 9.80 Å². The lowest BCUT2D eigenvalue weighted by atomic mass is 10.00. The van der Waals surface area contributed by atoms with E-state index in [0.29, 0.717) is 6.42 Å². The van der Waals surface area contributed by atoms with Gasteiger partial charge in [0.15, 0.2) is 0 Å². The van der Waals surface area contributed by atoms with Crippen molar-refractivity contribution in [1.29, 1.82) is 0 Å². The zero-order valence-corrected chi connectivity index (χ0v) is 17.2. The predicted octanol–water partition coefficient (Wildman–Crippen LogP) is 3.81. The molecule has 4 rings (SSSR count). The predicted molar refractivity (Wildman–Crippen MR) is 111 cm³/mol. The number of carbonyl (C=O) groups excluding carboxylic acids is 2. The van der Waals surface area contributed by atoms with Crippen LogP contribution in [0.3, 0.4) is 0 Å². The minimum Gasteiger partial charge on any atom is -0.342 e. The van der Waals surface area contributed by atoms with Gasteiger partial charge in [0.05, 0.1) is 11.3 Å². The van der Waals surface area contributed by atoms with Crippen LogP contribution in [0.4, 0.5) is 0 Å². The second-order valence-electron chi connectivity index (χ2n) is 7.26. The molecule has 1 spiro atoms. The van der Waals surface area contributed by atoms with Crippen LogP contribution in [0, 0.1) is 6.92 Å². The number of nitrogens with zero attached hydrogens (tertiary/aromatic N) is 2. The van der Waals surface area contributed by atoms with Gasteiger partial charge in [-0.25, -0.2) is 0 Å². The number of hydrogen-bond donors (Lipinski definition) is 0. The van der Waals surface area contributed by atoms with Crippen LogP contribution in [0.1, 0.15) is 33.6 Å². The van der Waals surface area contributed by atoms with Gasteiger partial charge >= 0.3 is 0 Å². The van der Waals surface area contributed by atoms with Crippen LogP contribution >= 0.6 is 23.1 Å². The van der Waals surface area contributed by atoms with Gasteiger partial charge in [0.25, 0.3) is 5.91 Å². The molecule has 1 aromatic heterocycles. The summed E-state index contributed by atoms with van der Waals surface area (Å²) in [5.41, 5.74) is 1.88. The van der Waals surface area contributed by atoms with Gasteiger partial charge in [-0.2, -0.15) is 0 Å². The molecule has 4 nitrogen and oxygen atoms in total. The molecular formula is C21H24N2O2S2. The fourth-order valence-corrected chi connectivity index (χ4v) is 6.17. The summed E-state index contributed by atoms with van der Waals surface area (Å²) >= 11 is 3.52. The normalized spacial score (nSPS) is 18.9. The zero-order valence-electron chi connectivity index (χ0n) is 15.5. The molecule has 0 atom stereocenters. The van der Waals surface area contributed by atoms with Crippen LogP contribution in [-0.4, -0.2) is 51.9 Å². The van der Waals surface area contributed by atoms with Crippen molar-refractivity contribution in [2.24, 2.45) is 0 Å². The van der Waals surface area contributed by atoms with Gasteiger partial charge in [0.2, 0.25) is 5.91 Å². The minimum absolute atomic E-state index is 0.127. The van der Waals surface area contributed by atoms with Gasteiger partial charge in [0.1, 0.15) is 0 Å². The average molecular weight is 401 g/mol. The standard InChI is InChI=1S/C21H24N2O2S2/c1-16-4-2-5-17(14-16)20(25)23-11-13-27-21(23)7-9-22(10-8-21)19(24)15-18-6-3-12-26-18/h2-6,12,14H,7-11,13,15H2,1H3. The highest BCUT2D eigenvalue weighted by Crippen LogP contribution is 2.44. The molecule has 2 aromatic rings. The Labute approximate surface area is 168 Å². The Bertz CT molecular complexity index is 826. The van der Waals surface area contributed by atoms with Crippen molar-refractivity contribution >= 4 is 34.9 Å². The van der Waals surface area contributed by atoms with Gasteiger partial charge in [-0.05, 0) is 43.3 Å². The Morgan fingerprint density at radius 3 is 2.63 bits per heavy atom. The zero-order chi connectivity index (χ0) is 18.9.